The fourth-order valence-electron chi connectivity index (χ4n) is 3.45. The molecule has 0 aliphatic carbocycles. The normalized spacial score (nSPS) is 19.3. The molecule has 2 amide bonds. The summed E-state index contributed by atoms with van der Waals surface area (Å²) in [5.41, 5.74) is 1.27. The summed E-state index contributed by atoms with van der Waals surface area (Å²) in [5.74, 6) is 0.881. The SMILES string of the molecule is CCC(=O)N1CCC(NC(=NC)NCC(=O)N2CCc3sccc3C2)C1.I. The van der Waals surface area contributed by atoms with Crippen molar-refractivity contribution in [2.45, 2.75) is 38.8 Å². The summed E-state index contributed by atoms with van der Waals surface area (Å²) in [5, 5.41) is 8.53. The van der Waals surface area contributed by atoms with Gasteiger partial charge >= 0.3 is 0 Å². The van der Waals surface area contributed by atoms with E-state index in [1.165, 1.54) is 10.4 Å². The van der Waals surface area contributed by atoms with Gasteiger partial charge in [0.05, 0.1) is 6.54 Å². The first kappa shape index (κ1) is 21.9. The van der Waals surface area contributed by atoms with E-state index in [0.717, 1.165) is 25.9 Å². The van der Waals surface area contributed by atoms with Crippen molar-refractivity contribution in [3.8, 4) is 0 Å². The Kier molecular flexibility index (Phi) is 8.33. The molecule has 3 rings (SSSR count). The lowest BCUT2D eigenvalue weighted by atomic mass is 10.1. The van der Waals surface area contributed by atoms with Gasteiger partial charge in [-0.1, -0.05) is 6.92 Å². The highest BCUT2D eigenvalue weighted by Gasteiger charge is 2.26. The standard InChI is InChI=1S/C18H27N5O2S.HI/c1-3-16(24)23-7-4-14(12-23)21-18(19-2)20-10-17(25)22-8-5-15-13(11-22)6-9-26-15;/h6,9,14H,3-5,7-8,10-12H2,1-2H3,(H2,19,20,21);1H. The van der Waals surface area contributed by atoms with Crippen molar-refractivity contribution >= 4 is 53.1 Å². The number of carbonyl (C=O) groups excluding carboxylic acids is 2. The summed E-state index contributed by atoms with van der Waals surface area (Å²) < 4.78 is 0. The molecule has 1 aromatic rings. The van der Waals surface area contributed by atoms with Gasteiger partial charge in [-0.3, -0.25) is 14.6 Å². The van der Waals surface area contributed by atoms with E-state index < -0.39 is 0 Å². The molecule has 150 valence electrons. The number of hydrogen-bond donors (Lipinski definition) is 2. The molecule has 2 aliphatic rings. The molecule has 0 bridgehead atoms. The van der Waals surface area contributed by atoms with Crippen LogP contribution in [0.4, 0.5) is 0 Å². The first-order valence-corrected chi connectivity index (χ1v) is 10.1. The third kappa shape index (κ3) is 5.56. The fourth-order valence-corrected chi connectivity index (χ4v) is 4.34. The highest BCUT2D eigenvalue weighted by atomic mass is 127. The average Bonchev–Trinajstić information content (AvgIpc) is 3.32. The number of likely N-dealkylation sites (tertiary alicyclic amines) is 1. The van der Waals surface area contributed by atoms with Gasteiger partial charge in [0.15, 0.2) is 5.96 Å². The molecule has 0 saturated carbocycles. The fraction of sp³-hybridized carbons (Fsp3) is 0.611. The molecular formula is C18H28IN5O2S. The zero-order valence-electron chi connectivity index (χ0n) is 15.9. The summed E-state index contributed by atoms with van der Waals surface area (Å²) in [6.07, 6.45) is 2.37. The van der Waals surface area contributed by atoms with Gasteiger partial charge in [-0.25, -0.2) is 0 Å². The predicted octanol–water partition coefficient (Wildman–Crippen LogP) is 1.43. The molecule has 0 spiro atoms. The van der Waals surface area contributed by atoms with Crippen molar-refractivity contribution in [1.29, 1.82) is 0 Å². The van der Waals surface area contributed by atoms with E-state index in [4.69, 9.17) is 0 Å². The third-order valence-electron chi connectivity index (χ3n) is 4.98. The first-order valence-electron chi connectivity index (χ1n) is 9.18. The number of rotatable bonds is 4. The van der Waals surface area contributed by atoms with Crippen LogP contribution < -0.4 is 10.6 Å². The predicted molar refractivity (Wildman–Crippen MR) is 119 cm³/mol. The average molecular weight is 505 g/mol. The number of fused-ring (bicyclic) bond motifs is 1. The Bertz CT molecular complexity index is 693. The van der Waals surface area contributed by atoms with Gasteiger partial charge < -0.3 is 20.4 Å². The topological polar surface area (TPSA) is 77.0 Å². The molecule has 0 radical (unpaired) electrons. The van der Waals surface area contributed by atoms with Crippen molar-refractivity contribution < 1.29 is 9.59 Å². The van der Waals surface area contributed by atoms with Crippen LogP contribution in [0.2, 0.25) is 0 Å². The molecule has 27 heavy (non-hydrogen) atoms. The Morgan fingerprint density at radius 1 is 1.30 bits per heavy atom. The van der Waals surface area contributed by atoms with Crippen LogP contribution in [0.15, 0.2) is 16.4 Å². The van der Waals surface area contributed by atoms with E-state index in [9.17, 15) is 9.59 Å². The van der Waals surface area contributed by atoms with Crippen LogP contribution in [0, 0.1) is 0 Å². The first-order chi connectivity index (χ1) is 12.6. The smallest absolute Gasteiger partial charge is 0.242 e. The highest BCUT2D eigenvalue weighted by Crippen LogP contribution is 2.23. The number of nitrogens with zero attached hydrogens (tertiary/aromatic N) is 3. The summed E-state index contributed by atoms with van der Waals surface area (Å²) in [7, 11) is 1.70. The molecule has 1 saturated heterocycles. The van der Waals surface area contributed by atoms with Crippen LogP contribution in [0.1, 0.15) is 30.2 Å². The van der Waals surface area contributed by atoms with E-state index in [1.807, 2.05) is 16.7 Å². The van der Waals surface area contributed by atoms with E-state index in [2.05, 4.69) is 27.1 Å². The molecule has 7 nitrogen and oxygen atoms in total. The molecule has 1 fully saturated rings. The highest BCUT2D eigenvalue weighted by molar-refractivity contribution is 14.0. The van der Waals surface area contributed by atoms with Crippen LogP contribution >= 0.6 is 35.3 Å². The summed E-state index contributed by atoms with van der Waals surface area (Å²) in [6, 6.07) is 2.28. The van der Waals surface area contributed by atoms with E-state index in [-0.39, 0.29) is 48.4 Å². The minimum absolute atomic E-state index is 0. The van der Waals surface area contributed by atoms with E-state index >= 15 is 0 Å². The van der Waals surface area contributed by atoms with Gasteiger partial charge in [0.1, 0.15) is 0 Å². The van der Waals surface area contributed by atoms with Crippen LogP contribution in [-0.2, 0) is 22.6 Å². The summed E-state index contributed by atoms with van der Waals surface area (Å²) >= 11 is 1.77. The number of thiophene rings is 1. The lowest BCUT2D eigenvalue weighted by Gasteiger charge is -2.27. The van der Waals surface area contributed by atoms with Gasteiger partial charge in [0.2, 0.25) is 11.8 Å². The minimum Gasteiger partial charge on any atom is -0.352 e. The summed E-state index contributed by atoms with van der Waals surface area (Å²) in [6.45, 7) is 5.04. The molecule has 1 aromatic heterocycles. The number of amides is 2. The van der Waals surface area contributed by atoms with Crippen LogP contribution in [0.25, 0.3) is 0 Å². The van der Waals surface area contributed by atoms with Crippen LogP contribution in [-0.4, -0.2) is 66.8 Å². The molecule has 1 atom stereocenters. The number of hydrogen-bond acceptors (Lipinski definition) is 4. The second kappa shape index (κ2) is 10.3. The molecule has 2 aliphatic heterocycles. The van der Waals surface area contributed by atoms with Crippen LogP contribution in [0.3, 0.4) is 0 Å². The number of halogens is 1. The number of nitrogens with one attached hydrogen (secondary N) is 2. The number of aliphatic imine (C=N–C) groups is 1. The lowest BCUT2D eigenvalue weighted by Crippen LogP contribution is -2.49. The Morgan fingerprint density at radius 3 is 2.85 bits per heavy atom. The lowest BCUT2D eigenvalue weighted by molar-refractivity contribution is -0.131. The van der Waals surface area contributed by atoms with Gasteiger partial charge in [0, 0.05) is 50.6 Å². The van der Waals surface area contributed by atoms with E-state index in [1.54, 1.807) is 18.4 Å². The molecule has 3 heterocycles. The monoisotopic (exact) mass is 505 g/mol. The summed E-state index contributed by atoms with van der Waals surface area (Å²) in [4.78, 5) is 33.7. The second-order valence-corrected chi connectivity index (χ2v) is 7.68. The molecule has 2 N–H and O–H groups in total. The largest absolute Gasteiger partial charge is 0.352 e. The number of guanidine groups is 1. The Hall–Kier alpha value is -1.36. The number of carbonyl (C=O) groups is 2. The van der Waals surface area contributed by atoms with Gasteiger partial charge in [-0.05, 0) is 29.9 Å². The zero-order valence-corrected chi connectivity index (χ0v) is 19.0. The zero-order chi connectivity index (χ0) is 18.5. The van der Waals surface area contributed by atoms with Crippen molar-refractivity contribution in [2.75, 3.05) is 33.2 Å². The maximum absolute atomic E-state index is 12.5. The van der Waals surface area contributed by atoms with Gasteiger partial charge in [-0.15, -0.1) is 35.3 Å². The van der Waals surface area contributed by atoms with Crippen LogP contribution in [0.5, 0.6) is 0 Å². The molecule has 0 aromatic carbocycles. The van der Waals surface area contributed by atoms with Gasteiger partial charge in [-0.2, -0.15) is 0 Å². The third-order valence-corrected chi connectivity index (χ3v) is 6.00. The maximum atomic E-state index is 12.5. The van der Waals surface area contributed by atoms with Crippen molar-refractivity contribution in [3.63, 3.8) is 0 Å². The quantitative estimate of drug-likeness (QED) is 0.369. The minimum atomic E-state index is 0. The molecule has 9 heteroatoms. The van der Waals surface area contributed by atoms with Crippen molar-refractivity contribution in [1.82, 2.24) is 20.4 Å². The molecular weight excluding hydrogens is 477 g/mol. The van der Waals surface area contributed by atoms with E-state index in [0.29, 0.717) is 25.5 Å². The second-order valence-electron chi connectivity index (χ2n) is 6.68. The Labute approximate surface area is 181 Å². The molecule has 1 unspecified atom stereocenters. The van der Waals surface area contributed by atoms with Crippen molar-refractivity contribution in [2.24, 2.45) is 4.99 Å². The maximum Gasteiger partial charge on any atom is 0.242 e. The van der Waals surface area contributed by atoms with Crippen molar-refractivity contribution in [3.05, 3.63) is 21.9 Å². The van der Waals surface area contributed by atoms with Gasteiger partial charge in [0.25, 0.3) is 0 Å². The Morgan fingerprint density at radius 2 is 2.11 bits per heavy atom. The Balaban J connectivity index is 0.00000261.